The van der Waals surface area contributed by atoms with E-state index >= 15 is 0 Å². The lowest BCUT2D eigenvalue weighted by Crippen LogP contribution is -2.39. The van der Waals surface area contributed by atoms with Gasteiger partial charge in [-0.15, -0.1) is 0 Å². The van der Waals surface area contributed by atoms with E-state index in [4.69, 9.17) is 8.85 Å². The largest absolute Gasteiger partial charge is 0.455 e. The first-order chi connectivity index (χ1) is 15.9. The van der Waals surface area contributed by atoms with Crippen molar-refractivity contribution in [2.75, 3.05) is 11.9 Å². The average Bonchev–Trinajstić information content (AvgIpc) is 3.36. The number of urea groups is 1. The van der Waals surface area contributed by atoms with Crippen LogP contribution < -0.4 is 10.1 Å². The summed E-state index contributed by atoms with van der Waals surface area (Å²) in [5.74, 6) is 1.03. The monoisotopic (exact) mass is 423 g/mol. The fourth-order valence-corrected chi connectivity index (χ4v) is 3.28. The average molecular weight is 423 g/mol. The highest BCUT2D eigenvalue weighted by Crippen LogP contribution is 2.31. The minimum atomic E-state index is -2.37. The number of aromatic nitrogens is 4. The summed E-state index contributed by atoms with van der Waals surface area (Å²) in [7, 11) is 0. The van der Waals surface area contributed by atoms with Gasteiger partial charge in [-0.1, -0.05) is 13.8 Å². The molecule has 4 heterocycles. The summed E-state index contributed by atoms with van der Waals surface area (Å²) in [6.45, 7) is 3.37. The molecule has 0 spiro atoms. The van der Waals surface area contributed by atoms with Gasteiger partial charge in [0, 0.05) is 47.1 Å². The Balaban J connectivity index is 1.46. The second-order valence-electron chi connectivity index (χ2n) is 7.95. The summed E-state index contributed by atoms with van der Waals surface area (Å²) in [6.07, 6.45) is 4.98. The van der Waals surface area contributed by atoms with E-state index in [1.807, 2.05) is 13.8 Å². The van der Waals surface area contributed by atoms with Crippen LogP contribution in [0.15, 0.2) is 42.9 Å². The normalized spacial score (nSPS) is 17.1. The number of carbonyl (C=O) groups is 2. The number of aryl methyl sites for hydroxylation is 2. The number of rotatable bonds is 4. The number of pyridine rings is 2. The number of hydrogen-bond acceptors (Lipinski definition) is 6. The third kappa shape index (κ3) is 4.25. The number of anilines is 1. The molecule has 0 saturated carbocycles. The standard InChI is InChI=1S/C22H24N6O3/c1-14-18(31-16-7-9-23-17(11-16)15-12-24-27(4)13-15)5-6-19(25-14)26-21(30)28-10-8-22(2,3)20(28)29/h5-7,9,11-13H,8,10H2,1-4H3,(H,25,26,30)/i4D3. The Bertz CT molecular complexity index is 1250. The van der Waals surface area contributed by atoms with Crippen molar-refractivity contribution in [3.8, 4) is 22.8 Å². The van der Waals surface area contributed by atoms with Gasteiger partial charge < -0.3 is 4.74 Å². The number of ether oxygens (including phenoxy) is 1. The van der Waals surface area contributed by atoms with Crippen LogP contribution in [0.1, 0.15) is 30.1 Å². The predicted molar refractivity (Wildman–Crippen MR) is 115 cm³/mol. The Kier molecular flexibility index (Phi) is 4.29. The lowest BCUT2D eigenvalue weighted by atomic mass is 9.92. The summed E-state index contributed by atoms with van der Waals surface area (Å²) >= 11 is 0. The van der Waals surface area contributed by atoms with Crippen molar-refractivity contribution in [2.45, 2.75) is 27.2 Å². The van der Waals surface area contributed by atoms with E-state index in [1.54, 1.807) is 37.4 Å². The van der Waals surface area contributed by atoms with Crippen molar-refractivity contribution in [2.24, 2.45) is 12.4 Å². The van der Waals surface area contributed by atoms with E-state index in [0.29, 0.717) is 47.2 Å². The van der Waals surface area contributed by atoms with E-state index in [2.05, 4.69) is 20.4 Å². The van der Waals surface area contributed by atoms with Crippen molar-refractivity contribution in [3.63, 3.8) is 0 Å². The van der Waals surface area contributed by atoms with Crippen molar-refractivity contribution < 1.29 is 18.4 Å². The fourth-order valence-electron chi connectivity index (χ4n) is 3.28. The van der Waals surface area contributed by atoms with Crippen molar-refractivity contribution in [1.82, 2.24) is 24.6 Å². The van der Waals surface area contributed by atoms with Crippen LogP contribution in [0.2, 0.25) is 0 Å². The molecular weight excluding hydrogens is 396 g/mol. The van der Waals surface area contributed by atoms with E-state index in [-0.39, 0.29) is 5.91 Å². The van der Waals surface area contributed by atoms with Gasteiger partial charge >= 0.3 is 6.03 Å². The van der Waals surface area contributed by atoms with Crippen molar-refractivity contribution in [3.05, 3.63) is 48.5 Å². The second-order valence-corrected chi connectivity index (χ2v) is 7.95. The quantitative estimate of drug-likeness (QED) is 0.685. The number of nitrogens with zero attached hydrogens (tertiary/aromatic N) is 5. The molecular formula is C22H24N6O3. The van der Waals surface area contributed by atoms with Crippen LogP contribution in [0.4, 0.5) is 10.6 Å². The molecule has 0 atom stereocenters. The third-order valence-electron chi connectivity index (χ3n) is 5.14. The third-order valence-corrected chi connectivity index (χ3v) is 5.14. The van der Waals surface area contributed by atoms with E-state index < -0.39 is 18.4 Å². The molecule has 1 aliphatic rings. The minimum Gasteiger partial charge on any atom is -0.455 e. The molecule has 3 amide bonds. The second kappa shape index (κ2) is 7.82. The maximum absolute atomic E-state index is 12.5. The van der Waals surface area contributed by atoms with Gasteiger partial charge in [-0.05, 0) is 31.5 Å². The molecule has 0 bridgehead atoms. The molecule has 4 rings (SSSR count). The van der Waals surface area contributed by atoms with E-state index in [0.717, 1.165) is 4.68 Å². The summed E-state index contributed by atoms with van der Waals surface area (Å²) in [5, 5.41) is 6.53. The maximum Gasteiger partial charge on any atom is 0.329 e. The summed E-state index contributed by atoms with van der Waals surface area (Å²) in [4.78, 5) is 34.7. The van der Waals surface area contributed by atoms with Gasteiger partial charge in [0.2, 0.25) is 5.91 Å². The van der Waals surface area contributed by atoms with Gasteiger partial charge in [-0.3, -0.25) is 24.7 Å². The zero-order valence-corrected chi connectivity index (χ0v) is 17.4. The fraction of sp³-hybridized carbons (Fsp3) is 0.318. The van der Waals surface area contributed by atoms with Gasteiger partial charge in [-0.2, -0.15) is 5.10 Å². The van der Waals surface area contributed by atoms with E-state index in [1.165, 1.54) is 17.3 Å². The van der Waals surface area contributed by atoms with Gasteiger partial charge in [0.15, 0.2) is 0 Å². The zero-order valence-electron chi connectivity index (χ0n) is 20.4. The lowest BCUT2D eigenvalue weighted by Gasteiger charge is -2.18. The molecule has 9 heteroatoms. The first kappa shape index (κ1) is 17.0. The van der Waals surface area contributed by atoms with Crippen molar-refractivity contribution >= 4 is 17.8 Å². The molecule has 1 aliphatic heterocycles. The number of amides is 3. The maximum atomic E-state index is 12.5. The van der Waals surface area contributed by atoms with E-state index in [9.17, 15) is 9.59 Å². The highest BCUT2D eigenvalue weighted by molar-refractivity contribution is 6.03. The van der Waals surface area contributed by atoms with Crippen LogP contribution in [0, 0.1) is 12.3 Å². The first-order valence-electron chi connectivity index (χ1n) is 11.2. The zero-order chi connectivity index (χ0) is 24.7. The molecule has 0 aliphatic carbocycles. The SMILES string of the molecule is [2H]C([2H])([2H])n1cc(-c2cc(Oc3ccc(NC(=O)N4CCC(C)(C)C4=O)nc3C)ccn2)cn1. The molecule has 9 nitrogen and oxygen atoms in total. The smallest absolute Gasteiger partial charge is 0.329 e. The van der Waals surface area contributed by atoms with Crippen LogP contribution >= 0.6 is 0 Å². The highest BCUT2D eigenvalue weighted by Gasteiger charge is 2.41. The van der Waals surface area contributed by atoms with Crippen LogP contribution in [-0.4, -0.2) is 43.1 Å². The molecule has 3 aromatic heterocycles. The summed E-state index contributed by atoms with van der Waals surface area (Å²) in [6, 6.07) is 6.08. The molecule has 1 saturated heterocycles. The summed E-state index contributed by atoms with van der Waals surface area (Å²) in [5.41, 5.74) is 1.02. The Hall–Kier alpha value is -3.75. The predicted octanol–water partition coefficient (Wildman–Crippen LogP) is 3.77. The van der Waals surface area contributed by atoms with Gasteiger partial charge in [0.05, 0.1) is 17.6 Å². The number of likely N-dealkylation sites (tertiary alicyclic amines) is 1. The molecule has 1 N–H and O–H groups in total. The molecule has 31 heavy (non-hydrogen) atoms. The van der Waals surface area contributed by atoms with Crippen LogP contribution in [0.5, 0.6) is 11.5 Å². The molecule has 1 fully saturated rings. The van der Waals surface area contributed by atoms with Gasteiger partial charge in [0.25, 0.3) is 0 Å². The molecule has 0 unspecified atom stereocenters. The highest BCUT2D eigenvalue weighted by atomic mass is 16.5. The molecule has 160 valence electrons. The minimum absolute atomic E-state index is 0.209. The van der Waals surface area contributed by atoms with Gasteiger partial charge in [0.1, 0.15) is 17.3 Å². The van der Waals surface area contributed by atoms with Crippen LogP contribution in [0.25, 0.3) is 11.3 Å². The number of nitrogens with one attached hydrogen (secondary N) is 1. The van der Waals surface area contributed by atoms with Crippen molar-refractivity contribution in [1.29, 1.82) is 0 Å². The Morgan fingerprint density at radius 1 is 1.32 bits per heavy atom. The number of hydrogen-bond donors (Lipinski definition) is 1. The number of imide groups is 1. The van der Waals surface area contributed by atoms with Gasteiger partial charge in [-0.25, -0.2) is 9.78 Å². The molecule has 3 aromatic rings. The van der Waals surface area contributed by atoms with Crippen LogP contribution in [0.3, 0.4) is 0 Å². The Morgan fingerprint density at radius 3 is 2.84 bits per heavy atom. The molecule has 0 aromatic carbocycles. The Morgan fingerprint density at radius 2 is 2.16 bits per heavy atom. The Labute approximate surface area is 184 Å². The topological polar surface area (TPSA) is 102 Å². The van der Waals surface area contributed by atoms with Crippen LogP contribution in [-0.2, 0) is 11.8 Å². The summed E-state index contributed by atoms with van der Waals surface area (Å²) < 4.78 is 29.1. The number of carbonyl (C=O) groups excluding carboxylic acids is 2. The first-order valence-corrected chi connectivity index (χ1v) is 9.74. The lowest BCUT2D eigenvalue weighted by molar-refractivity contribution is -0.131. The molecule has 0 radical (unpaired) electrons.